The second-order valence-electron chi connectivity index (χ2n) is 4.82. The number of hydrogen-bond acceptors (Lipinski definition) is 1. The van der Waals surface area contributed by atoms with E-state index < -0.39 is 11.9 Å². The van der Waals surface area contributed by atoms with Crippen LogP contribution in [0.3, 0.4) is 0 Å². The minimum absolute atomic E-state index is 0.0850. The number of ether oxygens (including phenoxy) is 1. The lowest BCUT2D eigenvalue weighted by Gasteiger charge is -2.18. The molecule has 0 radical (unpaired) electrons. The second kappa shape index (κ2) is 6.69. The second-order valence-corrected chi connectivity index (χ2v) is 4.82. The highest BCUT2D eigenvalue weighted by atomic mass is 19.3. The van der Waals surface area contributed by atoms with Crippen molar-refractivity contribution in [1.29, 1.82) is 0 Å². The molecule has 0 amide bonds. The van der Waals surface area contributed by atoms with E-state index in [9.17, 15) is 13.2 Å². The van der Waals surface area contributed by atoms with Crippen molar-refractivity contribution in [2.75, 3.05) is 0 Å². The first-order chi connectivity index (χ1) is 10.5. The molecule has 0 atom stereocenters. The van der Waals surface area contributed by atoms with Crippen LogP contribution in [0.15, 0.2) is 54.6 Å². The first-order valence-electron chi connectivity index (χ1n) is 7.04. The highest BCUT2D eigenvalue weighted by Crippen LogP contribution is 2.32. The van der Waals surface area contributed by atoms with E-state index in [-0.39, 0.29) is 11.3 Å². The third-order valence-electron chi connectivity index (χ3n) is 3.38. The molecule has 116 valence electrons. The number of hydrogen-bond donors (Lipinski definition) is 0. The smallest absolute Gasteiger partial charge is 0.426 e. The zero-order valence-electron chi connectivity index (χ0n) is 12.4. The maximum absolute atomic E-state index is 14.1. The lowest BCUT2D eigenvalue weighted by atomic mass is 10.0. The van der Waals surface area contributed by atoms with E-state index in [4.69, 9.17) is 0 Å². The number of alkyl halides is 2. The van der Waals surface area contributed by atoms with Crippen molar-refractivity contribution in [2.24, 2.45) is 0 Å². The van der Waals surface area contributed by atoms with Crippen molar-refractivity contribution in [3.8, 4) is 5.75 Å². The van der Waals surface area contributed by atoms with Crippen LogP contribution in [0.1, 0.15) is 31.4 Å². The molecule has 2 aromatic carbocycles. The maximum atomic E-state index is 14.1. The predicted molar refractivity (Wildman–Crippen MR) is 81.3 cm³/mol. The van der Waals surface area contributed by atoms with Gasteiger partial charge in [0, 0.05) is 0 Å². The fraction of sp³-hybridized carbons (Fsp3) is 0.222. The van der Waals surface area contributed by atoms with Crippen LogP contribution in [-0.2, 0) is 6.11 Å². The van der Waals surface area contributed by atoms with E-state index in [2.05, 4.69) is 4.74 Å². The monoisotopic (exact) mass is 306 g/mol. The van der Waals surface area contributed by atoms with Crippen molar-refractivity contribution in [3.05, 3.63) is 71.6 Å². The Morgan fingerprint density at radius 3 is 2.14 bits per heavy atom. The molecule has 0 N–H and O–H groups in total. The molecule has 1 nitrogen and oxygen atoms in total. The largest absolute Gasteiger partial charge is 0.429 e. The predicted octanol–water partition coefficient (Wildman–Crippen LogP) is 5.77. The summed E-state index contributed by atoms with van der Waals surface area (Å²) in [5.41, 5.74) is 1.76. The first-order valence-corrected chi connectivity index (χ1v) is 7.04. The van der Waals surface area contributed by atoms with Crippen LogP contribution in [0.25, 0.3) is 5.57 Å². The number of rotatable bonds is 5. The Bertz CT molecular complexity index is 643. The Morgan fingerprint density at radius 1 is 1.05 bits per heavy atom. The van der Waals surface area contributed by atoms with E-state index in [1.807, 2.05) is 19.9 Å². The molecule has 0 aliphatic carbocycles. The van der Waals surface area contributed by atoms with Gasteiger partial charge in [0.05, 0.1) is 5.56 Å². The highest BCUT2D eigenvalue weighted by Gasteiger charge is 2.34. The van der Waals surface area contributed by atoms with Crippen molar-refractivity contribution in [2.45, 2.75) is 26.4 Å². The summed E-state index contributed by atoms with van der Waals surface area (Å²) in [5.74, 6) is -0.586. The van der Waals surface area contributed by atoms with Gasteiger partial charge < -0.3 is 4.74 Å². The standard InChI is InChI=1S/C18H17F3O/c1-3-13(4-2)14-5-7-15(8-6-14)18(20,21)22-17-11-9-16(19)10-12-17/h3,5-12H,4H2,1-2H3/b13-3+. The van der Waals surface area contributed by atoms with Gasteiger partial charge in [-0.2, -0.15) is 8.78 Å². The Hall–Kier alpha value is -2.23. The van der Waals surface area contributed by atoms with Gasteiger partial charge in [-0.05, 0) is 60.9 Å². The van der Waals surface area contributed by atoms with Gasteiger partial charge in [-0.15, -0.1) is 0 Å². The van der Waals surface area contributed by atoms with Gasteiger partial charge in [-0.1, -0.05) is 25.1 Å². The molecule has 0 saturated heterocycles. The van der Waals surface area contributed by atoms with Crippen molar-refractivity contribution in [3.63, 3.8) is 0 Å². The van der Waals surface area contributed by atoms with Gasteiger partial charge in [-0.25, -0.2) is 4.39 Å². The molecule has 2 aromatic rings. The lowest BCUT2D eigenvalue weighted by molar-refractivity contribution is -0.185. The number of allylic oxidation sites excluding steroid dienone is 2. The third-order valence-corrected chi connectivity index (χ3v) is 3.38. The zero-order chi connectivity index (χ0) is 16.2. The summed E-state index contributed by atoms with van der Waals surface area (Å²) in [6, 6.07) is 10.5. The van der Waals surface area contributed by atoms with Crippen LogP contribution in [0.4, 0.5) is 13.2 Å². The molecule has 0 fully saturated rings. The quantitative estimate of drug-likeness (QED) is 0.681. The van der Waals surface area contributed by atoms with E-state index >= 15 is 0 Å². The molecule has 0 aliphatic rings. The average Bonchev–Trinajstić information content (AvgIpc) is 2.51. The summed E-state index contributed by atoms with van der Waals surface area (Å²) in [6.07, 6.45) is -0.681. The van der Waals surface area contributed by atoms with Crippen molar-refractivity contribution >= 4 is 5.57 Å². The van der Waals surface area contributed by atoms with Gasteiger partial charge in [-0.3, -0.25) is 0 Å². The fourth-order valence-electron chi connectivity index (χ4n) is 2.16. The molecule has 0 saturated carbocycles. The van der Waals surface area contributed by atoms with Gasteiger partial charge in [0.2, 0.25) is 0 Å². The van der Waals surface area contributed by atoms with E-state index in [0.717, 1.165) is 29.7 Å². The minimum atomic E-state index is -3.47. The van der Waals surface area contributed by atoms with Crippen molar-refractivity contribution in [1.82, 2.24) is 0 Å². The number of halogens is 3. The van der Waals surface area contributed by atoms with Crippen LogP contribution in [0.2, 0.25) is 0 Å². The lowest BCUT2D eigenvalue weighted by Crippen LogP contribution is -2.21. The molecule has 4 heteroatoms. The molecule has 0 spiro atoms. The molecular formula is C18H17F3O. The first kappa shape index (κ1) is 16.1. The molecule has 22 heavy (non-hydrogen) atoms. The van der Waals surface area contributed by atoms with Crippen LogP contribution < -0.4 is 4.74 Å². The summed E-state index contributed by atoms with van der Waals surface area (Å²) in [5, 5.41) is 0. The van der Waals surface area contributed by atoms with Crippen LogP contribution in [0, 0.1) is 5.82 Å². The SMILES string of the molecule is C/C=C(\CC)c1ccc(C(F)(F)Oc2ccc(F)cc2)cc1. The summed E-state index contributed by atoms with van der Waals surface area (Å²) in [4.78, 5) is 0. The topological polar surface area (TPSA) is 9.23 Å². The molecular weight excluding hydrogens is 289 g/mol. The molecule has 0 aliphatic heterocycles. The van der Waals surface area contributed by atoms with E-state index in [0.29, 0.717) is 0 Å². The summed E-state index contributed by atoms with van der Waals surface area (Å²) < 4.78 is 45.7. The summed E-state index contributed by atoms with van der Waals surface area (Å²) in [6.45, 7) is 3.93. The van der Waals surface area contributed by atoms with Crippen LogP contribution >= 0.6 is 0 Å². The van der Waals surface area contributed by atoms with Crippen LogP contribution in [0.5, 0.6) is 5.75 Å². The molecule has 0 unspecified atom stereocenters. The molecule has 0 heterocycles. The van der Waals surface area contributed by atoms with Crippen molar-refractivity contribution < 1.29 is 17.9 Å². The van der Waals surface area contributed by atoms with E-state index in [1.54, 1.807) is 12.1 Å². The van der Waals surface area contributed by atoms with Gasteiger partial charge in [0.1, 0.15) is 11.6 Å². The molecule has 2 rings (SSSR count). The average molecular weight is 306 g/mol. The Morgan fingerprint density at radius 2 is 1.64 bits per heavy atom. The Kier molecular flexibility index (Phi) is 4.91. The fourth-order valence-corrected chi connectivity index (χ4v) is 2.16. The van der Waals surface area contributed by atoms with Gasteiger partial charge >= 0.3 is 6.11 Å². The minimum Gasteiger partial charge on any atom is -0.429 e. The summed E-state index contributed by atoms with van der Waals surface area (Å²) >= 11 is 0. The summed E-state index contributed by atoms with van der Waals surface area (Å²) in [7, 11) is 0. The van der Waals surface area contributed by atoms with Gasteiger partial charge in [0.15, 0.2) is 0 Å². The van der Waals surface area contributed by atoms with Crippen LogP contribution in [-0.4, -0.2) is 0 Å². The number of benzene rings is 2. The van der Waals surface area contributed by atoms with Gasteiger partial charge in [0.25, 0.3) is 0 Å². The van der Waals surface area contributed by atoms with E-state index in [1.165, 1.54) is 24.3 Å². The Labute approximate surface area is 128 Å². The zero-order valence-corrected chi connectivity index (χ0v) is 12.4. The normalized spacial score (nSPS) is 12.3. The third kappa shape index (κ3) is 3.70. The highest BCUT2D eigenvalue weighted by molar-refractivity contribution is 5.65. The molecule has 0 bridgehead atoms. The molecule has 0 aromatic heterocycles. The maximum Gasteiger partial charge on any atom is 0.426 e. The Balaban J connectivity index is 2.20.